The van der Waals surface area contributed by atoms with Crippen LogP contribution < -0.4 is 5.32 Å². The molecule has 0 aliphatic rings. The lowest BCUT2D eigenvalue weighted by Crippen LogP contribution is -2.18. The van der Waals surface area contributed by atoms with Gasteiger partial charge >= 0.3 is 0 Å². The molecule has 1 N–H and O–H groups in total. The number of fused-ring (bicyclic) bond motifs is 1. The number of carbonyl (C=O) groups is 1. The summed E-state index contributed by atoms with van der Waals surface area (Å²) < 4.78 is 3.20. The van der Waals surface area contributed by atoms with E-state index in [2.05, 4.69) is 30.9 Å². The fourth-order valence-electron chi connectivity index (χ4n) is 2.99. The molecule has 0 fully saturated rings. The molecule has 1 amide bonds. The fourth-order valence-corrected chi connectivity index (χ4v) is 2.99. The monoisotopic (exact) mass is 362 g/mol. The van der Waals surface area contributed by atoms with Gasteiger partial charge in [-0.1, -0.05) is 30.3 Å². The smallest absolute Gasteiger partial charge is 0.227 e. The van der Waals surface area contributed by atoms with Gasteiger partial charge in [0.1, 0.15) is 12.1 Å². The Balaban J connectivity index is 1.73. The van der Waals surface area contributed by atoms with E-state index in [0.717, 1.165) is 22.5 Å². The third-order valence-electron chi connectivity index (χ3n) is 4.19. The van der Waals surface area contributed by atoms with Crippen LogP contribution in [0.3, 0.4) is 0 Å². The Hall–Kier alpha value is -3.62. The van der Waals surface area contributed by atoms with E-state index in [1.807, 2.05) is 50.2 Å². The van der Waals surface area contributed by atoms with Gasteiger partial charge < -0.3 is 5.32 Å². The number of aryl methyl sites for hydroxylation is 3. The zero-order chi connectivity index (χ0) is 18.8. The van der Waals surface area contributed by atoms with E-state index in [0.29, 0.717) is 18.0 Å². The number of tetrazole rings is 1. The minimum atomic E-state index is -0.150. The van der Waals surface area contributed by atoms with Crippen molar-refractivity contribution in [1.82, 2.24) is 34.8 Å². The number of hydrogen-bond acceptors (Lipinski definition) is 6. The summed E-state index contributed by atoms with van der Waals surface area (Å²) in [7, 11) is 0. The highest BCUT2D eigenvalue weighted by Crippen LogP contribution is 2.31. The van der Waals surface area contributed by atoms with Crippen LogP contribution in [0.5, 0.6) is 0 Å². The number of rotatable bonds is 5. The van der Waals surface area contributed by atoms with E-state index in [4.69, 9.17) is 0 Å². The summed E-state index contributed by atoms with van der Waals surface area (Å²) in [6.45, 7) is 4.22. The average Bonchev–Trinajstić information content (AvgIpc) is 3.29. The van der Waals surface area contributed by atoms with Gasteiger partial charge in [0.2, 0.25) is 5.91 Å². The van der Waals surface area contributed by atoms with Crippen molar-refractivity contribution in [3.63, 3.8) is 0 Å². The molecule has 0 aliphatic carbocycles. The lowest BCUT2D eigenvalue weighted by molar-refractivity contribution is -0.116. The van der Waals surface area contributed by atoms with Crippen LogP contribution >= 0.6 is 0 Å². The third kappa shape index (κ3) is 3.39. The van der Waals surface area contributed by atoms with Gasteiger partial charge in [-0.25, -0.2) is 9.67 Å². The molecular weight excluding hydrogens is 344 g/mol. The predicted molar refractivity (Wildman–Crippen MR) is 99.0 cm³/mol. The van der Waals surface area contributed by atoms with Crippen molar-refractivity contribution in [1.29, 1.82) is 0 Å². The maximum atomic E-state index is 12.6. The first-order chi connectivity index (χ1) is 13.1. The molecule has 0 aliphatic heterocycles. The van der Waals surface area contributed by atoms with E-state index in [9.17, 15) is 4.79 Å². The van der Waals surface area contributed by atoms with Crippen LogP contribution in [-0.4, -0.2) is 40.7 Å². The van der Waals surface area contributed by atoms with E-state index in [1.54, 1.807) is 4.52 Å². The number of nitrogens with zero attached hydrogens (tertiary/aromatic N) is 7. The summed E-state index contributed by atoms with van der Waals surface area (Å²) in [5.41, 5.74) is 4.16. The van der Waals surface area contributed by atoms with Gasteiger partial charge in [-0.15, -0.1) is 5.10 Å². The molecule has 0 saturated heterocycles. The maximum absolute atomic E-state index is 12.6. The normalized spacial score (nSPS) is 11.0. The SMILES string of the molecule is Cc1cc2nc(C)c(-c3ccccc3)c(NC(=O)CCn3cnnn3)n2n1. The molecule has 0 spiro atoms. The van der Waals surface area contributed by atoms with Crippen molar-refractivity contribution in [2.24, 2.45) is 0 Å². The molecule has 136 valence electrons. The molecule has 4 rings (SSSR count). The topological polar surface area (TPSA) is 103 Å². The Morgan fingerprint density at radius 2 is 2.00 bits per heavy atom. The summed E-state index contributed by atoms with van der Waals surface area (Å²) in [5.74, 6) is 0.459. The number of anilines is 1. The average molecular weight is 362 g/mol. The van der Waals surface area contributed by atoms with Crippen LogP contribution in [0.15, 0.2) is 42.7 Å². The van der Waals surface area contributed by atoms with E-state index in [-0.39, 0.29) is 12.3 Å². The lowest BCUT2D eigenvalue weighted by atomic mass is 10.0. The van der Waals surface area contributed by atoms with Crippen LogP contribution in [0.4, 0.5) is 5.82 Å². The van der Waals surface area contributed by atoms with Gasteiger partial charge in [0.15, 0.2) is 5.65 Å². The quantitative estimate of drug-likeness (QED) is 0.583. The van der Waals surface area contributed by atoms with Gasteiger partial charge in [-0.3, -0.25) is 4.79 Å². The Kier molecular flexibility index (Phi) is 4.33. The van der Waals surface area contributed by atoms with Crippen molar-refractivity contribution in [3.8, 4) is 11.1 Å². The first-order valence-corrected chi connectivity index (χ1v) is 8.55. The highest BCUT2D eigenvalue weighted by Gasteiger charge is 2.18. The Morgan fingerprint density at radius 3 is 2.74 bits per heavy atom. The minimum Gasteiger partial charge on any atom is -0.310 e. The lowest BCUT2D eigenvalue weighted by Gasteiger charge is -2.15. The van der Waals surface area contributed by atoms with E-state index >= 15 is 0 Å². The van der Waals surface area contributed by atoms with Crippen molar-refractivity contribution in [3.05, 3.63) is 54.1 Å². The number of carbonyl (C=O) groups excluding carboxylic acids is 1. The molecule has 9 nitrogen and oxygen atoms in total. The van der Waals surface area contributed by atoms with Gasteiger partial charge in [0.25, 0.3) is 0 Å². The molecule has 4 aromatic rings. The van der Waals surface area contributed by atoms with Gasteiger partial charge in [-0.05, 0) is 29.8 Å². The van der Waals surface area contributed by atoms with Crippen molar-refractivity contribution < 1.29 is 4.79 Å². The zero-order valence-corrected chi connectivity index (χ0v) is 15.0. The van der Waals surface area contributed by atoms with Crippen LogP contribution in [0.1, 0.15) is 17.8 Å². The largest absolute Gasteiger partial charge is 0.310 e. The molecule has 0 atom stereocenters. The predicted octanol–water partition coefficient (Wildman–Crippen LogP) is 2.03. The Bertz CT molecular complexity index is 1090. The van der Waals surface area contributed by atoms with Crippen LogP contribution in [-0.2, 0) is 11.3 Å². The Labute approximate surface area is 155 Å². The summed E-state index contributed by atoms with van der Waals surface area (Å²) in [5, 5.41) is 18.4. The van der Waals surface area contributed by atoms with Crippen LogP contribution in [0.2, 0.25) is 0 Å². The van der Waals surface area contributed by atoms with E-state index < -0.39 is 0 Å². The molecule has 0 unspecified atom stereocenters. The molecule has 1 aromatic carbocycles. The molecule has 9 heteroatoms. The number of amides is 1. The molecule has 3 aromatic heterocycles. The van der Waals surface area contributed by atoms with Gasteiger partial charge in [0, 0.05) is 18.1 Å². The highest BCUT2D eigenvalue weighted by atomic mass is 16.1. The number of aromatic nitrogens is 7. The second kappa shape index (κ2) is 6.94. The second-order valence-electron chi connectivity index (χ2n) is 6.21. The van der Waals surface area contributed by atoms with E-state index in [1.165, 1.54) is 11.0 Å². The molecular formula is C18H18N8O. The van der Waals surface area contributed by atoms with Crippen molar-refractivity contribution >= 4 is 17.4 Å². The summed E-state index contributed by atoms with van der Waals surface area (Å²) in [4.78, 5) is 17.2. The molecule has 0 bridgehead atoms. The number of benzene rings is 1. The summed E-state index contributed by atoms with van der Waals surface area (Å²) in [6.07, 6.45) is 1.72. The highest BCUT2D eigenvalue weighted by molar-refractivity contribution is 5.95. The fraction of sp³-hybridized carbons (Fsp3) is 0.222. The first-order valence-electron chi connectivity index (χ1n) is 8.55. The van der Waals surface area contributed by atoms with Gasteiger partial charge in [0.05, 0.1) is 17.9 Å². The first kappa shape index (κ1) is 16.8. The molecule has 3 heterocycles. The summed E-state index contributed by atoms with van der Waals surface area (Å²) >= 11 is 0. The minimum absolute atomic E-state index is 0.150. The summed E-state index contributed by atoms with van der Waals surface area (Å²) in [6, 6.07) is 11.7. The zero-order valence-electron chi connectivity index (χ0n) is 15.0. The third-order valence-corrected chi connectivity index (χ3v) is 4.19. The van der Waals surface area contributed by atoms with Crippen molar-refractivity contribution in [2.45, 2.75) is 26.8 Å². The number of hydrogen-bond donors (Lipinski definition) is 1. The van der Waals surface area contributed by atoms with Crippen molar-refractivity contribution in [2.75, 3.05) is 5.32 Å². The maximum Gasteiger partial charge on any atom is 0.227 e. The molecule has 0 radical (unpaired) electrons. The Morgan fingerprint density at radius 1 is 1.19 bits per heavy atom. The van der Waals surface area contributed by atoms with Crippen LogP contribution in [0.25, 0.3) is 16.8 Å². The molecule has 27 heavy (non-hydrogen) atoms. The standard InChI is InChI=1S/C18H18N8O/c1-12-10-15-20-13(2)17(14-6-4-3-5-7-14)18(26(15)22-12)21-16(27)8-9-25-11-19-23-24-25/h3-7,10-11H,8-9H2,1-2H3,(H,21,27). The second-order valence-corrected chi connectivity index (χ2v) is 6.21. The van der Waals surface area contributed by atoms with Crippen LogP contribution in [0, 0.1) is 13.8 Å². The molecule has 0 saturated carbocycles. The van der Waals surface area contributed by atoms with Gasteiger partial charge in [-0.2, -0.15) is 9.61 Å². The number of nitrogens with one attached hydrogen (secondary N) is 1.